The van der Waals surface area contributed by atoms with Crippen LogP contribution in [0.1, 0.15) is 17.3 Å². The maximum Gasteiger partial charge on any atom is 0.325 e. The third-order valence-corrected chi connectivity index (χ3v) is 2.46. The molecule has 0 heterocycles. The average molecular weight is 254 g/mol. The van der Waals surface area contributed by atoms with Gasteiger partial charge in [0.1, 0.15) is 12.4 Å². The Morgan fingerprint density at radius 1 is 1.44 bits per heavy atom. The van der Waals surface area contributed by atoms with E-state index in [1.807, 2.05) is 0 Å². The van der Waals surface area contributed by atoms with Crippen molar-refractivity contribution in [1.29, 1.82) is 0 Å². The topological polar surface area (TPSA) is 72.6 Å². The van der Waals surface area contributed by atoms with Crippen LogP contribution in [0.25, 0.3) is 0 Å². The van der Waals surface area contributed by atoms with Crippen LogP contribution in [0.2, 0.25) is 0 Å². The third-order valence-electron chi connectivity index (χ3n) is 2.46. The van der Waals surface area contributed by atoms with Gasteiger partial charge in [-0.25, -0.2) is 4.39 Å². The molecule has 0 saturated heterocycles. The van der Waals surface area contributed by atoms with Crippen molar-refractivity contribution in [3.05, 3.63) is 29.6 Å². The largest absolute Gasteiger partial charge is 0.468 e. The molecule has 0 aliphatic heterocycles. The molecule has 0 atom stereocenters. The lowest BCUT2D eigenvalue weighted by Crippen LogP contribution is -2.36. The van der Waals surface area contributed by atoms with Crippen LogP contribution in [0.4, 0.5) is 10.1 Å². The quantitative estimate of drug-likeness (QED) is 0.643. The predicted octanol–water partition coefficient (Wildman–Crippen LogP) is 1.04. The molecule has 6 heteroatoms. The SMILES string of the molecule is CCN(CC(=O)OC)C(=O)c1ccc(F)c(N)c1. The van der Waals surface area contributed by atoms with Crippen molar-refractivity contribution >= 4 is 17.6 Å². The minimum absolute atomic E-state index is 0.102. The van der Waals surface area contributed by atoms with E-state index in [2.05, 4.69) is 4.74 Å². The number of esters is 1. The van der Waals surface area contributed by atoms with E-state index >= 15 is 0 Å². The second kappa shape index (κ2) is 6.00. The molecule has 0 fully saturated rings. The van der Waals surface area contributed by atoms with Gasteiger partial charge in [-0.3, -0.25) is 9.59 Å². The van der Waals surface area contributed by atoms with E-state index < -0.39 is 17.7 Å². The lowest BCUT2D eigenvalue weighted by Gasteiger charge is -2.19. The highest BCUT2D eigenvalue weighted by atomic mass is 19.1. The van der Waals surface area contributed by atoms with Crippen molar-refractivity contribution < 1.29 is 18.7 Å². The molecule has 1 aromatic carbocycles. The Balaban J connectivity index is 2.89. The van der Waals surface area contributed by atoms with E-state index in [-0.39, 0.29) is 17.8 Å². The Morgan fingerprint density at radius 2 is 2.11 bits per heavy atom. The Morgan fingerprint density at radius 3 is 2.61 bits per heavy atom. The van der Waals surface area contributed by atoms with Crippen LogP contribution < -0.4 is 5.73 Å². The number of nitrogens with two attached hydrogens (primary N) is 1. The van der Waals surface area contributed by atoms with E-state index in [0.29, 0.717) is 6.54 Å². The molecule has 0 radical (unpaired) electrons. The number of amides is 1. The van der Waals surface area contributed by atoms with Gasteiger partial charge in [-0.1, -0.05) is 0 Å². The molecule has 0 unspecified atom stereocenters. The van der Waals surface area contributed by atoms with E-state index in [9.17, 15) is 14.0 Å². The highest BCUT2D eigenvalue weighted by Crippen LogP contribution is 2.14. The number of hydrogen-bond donors (Lipinski definition) is 1. The second-order valence-electron chi connectivity index (χ2n) is 3.63. The lowest BCUT2D eigenvalue weighted by atomic mass is 10.1. The second-order valence-corrected chi connectivity index (χ2v) is 3.63. The number of halogens is 1. The number of ether oxygens (including phenoxy) is 1. The number of carbonyl (C=O) groups excluding carboxylic acids is 2. The number of likely N-dealkylation sites (N-methyl/N-ethyl adjacent to an activating group) is 1. The number of nitrogen functional groups attached to an aromatic ring is 1. The number of carbonyl (C=O) groups is 2. The van der Waals surface area contributed by atoms with Crippen LogP contribution in [0.5, 0.6) is 0 Å². The van der Waals surface area contributed by atoms with Crippen LogP contribution in [0, 0.1) is 5.82 Å². The summed E-state index contributed by atoms with van der Waals surface area (Å²) in [6.07, 6.45) is 0. The standard InChI is InChI=1S/C12H15FN2O3/c1-3-15(7-11(16)18-2)12(17)8-4-5-9(13)10(14)6-8/h4-6H,3,7,14H2,1-2H3. The number of benzene rings is 1. The van der Waals surface area contributed by atoms with Gasteiger partial charge in [0, 0.05) is 12.1 Å². The summed E-state index contributed by atoms with van der Waals surface area (Å²) >= 11 is 0. The molecule has 0 spiro atoms. The van der Waals surface area contributed by atoms with E-state index in [4.69, 9.17) is 5.73 Å². The highest BCUT2D eigenvalue weighted by molar-refractivity contribution is 5.96. The van der Waals surface area contributed by atoms with Crippen molar-refractivity contribution in [2.45, 2.75) is 6.92 Å². The Kier molecular flexibility index (Phi) is 4.65. The Bertz CT molecular complexity index is 463. The van der Waals surface area contributed by atoms with Gasteiger partial charge < -0.3 is 15.4 Å². The molecular formula is C12H15FN2O3. The molecule has 0 aromatic heterocycles. The summed E-state index contributed by atoms with van der Waals surface area (Å²) in [5.74, 6) is -1.49. The fraction of sp³-hybridized carbons (Fsp3) is 0.333. The van der Waals surface area contributed by atoms with Gasteiger partial charge in [-0.05, 0) is 25.1 Å². The zero-order chi connectivity index (χ0) is 13.7. The molecule has 1 rings (SSSR count). The predicted molar refractivity (Wildman–Crippen MR) is 64.4 cm³/mol. The number of rotatable bonds is 4. The highest BCUT2D eigenvalue weighted by Gasteiger charge is 2.18. The maximum absolute atomic E-state index is 13.0. The van der Waals surface area contributed by atoms with Gasteiger partial charge in [-0.2, -0.15) is 0 Å². The van der Waals surface area contributed by atoms with E-state index in [1.54, 1.807) is 6.92 Å². The van der Waals surface area contributed by atoms with Crippen LogP contribution in [-0.4, -0.2) is 37.0 Å². The summed E-state index contributed by atoms with van der Waals surface area (Å²) in [5, 5.41) is 0. The molecular weight excluding hydrogens is 239 g/mol. The van der Waals surface area contributed by atoms with Crippen LogP contribution in [0.15, 0.2) is 18.2 Å². The molecule has 0 aliphatic carbocycles. The Hall–Kier alpha value is -2.11. The Labute approximate surface area is 104 Å². The molecule has 2 N–H and O–H groups in total. The van der Waals surface area contributed by atoms with Gasteiger partial charge in [0.2, 0.25) is 0 Å². The number of hydrogen-bond acceptors (Lipinski definition) is 4. The molecule has 1 amide bonds. The molecule has 0 bridgehead atoms. The third kappa shape index (κ3) is 3.19. The average Bonchev–Trinajstić information content (AvgIpc) is 2.38. The van der Waals surface area contributed by atoms with Crippen molar-refractivity contribution in [1.82, 2.24) is 4.90 Å². The minimum Gasteiger partial charge on any atom is -0.468 e. The summed E-state index contributed by atoms with van der Waals surface area (Å²) in [5.41, 5.74) is 5.52. The zero-order valence-electron chi connectivity index (χ0n) is 10.3. The fourth-order valence-electron chi connectivity index (χ4n) is 1.41. The first-order valence-corrected chi connectivity index (χ1v) is 5.40. The van der Waals surface area contributed by atoms with Gasteiger partial charge in [0.15, 0.2) is 0 Å². The summed E-state index contributed by atoms with van der Waals surface area (Å²) < 4.78 is 17.5. The maximum atomic E-state index is 13.0. The van der Waals surface area contributed by atoms with Crippen LogP contribution in [0.3, 0.4) is 0 Å². The van der Waals surface area contributed by atoms with Gasteiger partial charge >= 0.3 is 5.97 Å². The first-order chi connectivity index (χ1) is 8.49. The zero-order valence-corrected chi connectivity index (χ0v) is 10.3. The van der Waals surface area contributed by atoms with Gasteiger partial charge in [0.25, 0.3) is 5.91 Å². The molecule has 0 aliphatic rings. The normalized spacial score (nSPS) is 9.94. The van der Waals surface area contributed by atoms with Crippen molar-refractivity contribution in [2.24, 2.45) is 0 Å². The minimum atomic E-state index is -0.581. The number of methoxy groups -OCH3 is 1. The molecule has 0 saturated carbocycles. The van der Waals surface area contributed by atoms with Crippen LogP contribution >= 0.6 is 0 Å². The molecule has 1 aromatic rings. The monoisotopic (exact) mass is 254 g/mol. The summed E-state index contributed by atoms with van der Waals surface area (Å²) in [4.78, 5) is 24.5. The smallest absolute Gasteiger partial charge is 0.325 e. The molecule has 98 valence electrons. The fourth-order valence-corrected chi connectivity index (χ4v) is 1.41. The van der Waals surface area contributed by atoms with E-state index in [1.165, 1.54) is 24.1 Å². The number of nitrogens with zero attached hydrogens (tertiary/aromatic N) is 1. The van der Waals surface area contributed by atoms with Crippen molar-refractivity contribution in [3.63, 3.8) is 0 Å². The van der Waals surface area contributed by atoms with Gasteiger partial charge in [-0.15, -0.1) is 0 Å². The van der Waals surface area contributed by atoms with Gasteiger partial charge in [0.05, 0.1) is 12.8 Å². The first-order valence-electron chi connectivity index (χ1n) is 5.40. The van der Waals surface area contributed by atoms with E-state index in [0.717, 1.165) is 6.07 Å². The van der Waals surface area contributed by atoms with Crippen LogP contribution in [-0.2, 0) is 9.53 Å². The summed E-state index contributed by atoms with van der Waals surface area (Å²) in [6, 6.07) is 3.69. The molecule has 18 heavy (non-hydrogen) atoms. The van der Waals surface area contributed by atoms with Crippen molar-refractivity contribution in [2.75, 3.05) is 25.9 Å². The summed E-state index contributed by atoms with van der Waals surface area (Å²) in [7, 11) is 1.25. The lowest BCUT2D eigenvalue weighted by molar-refractivity contribution is -0.141. The summed E-state index contributed by atoms with van der Waals surface area (Å²) in [6.45, 7) is 1.92. The molecule has 5 nitrogen and oxygen atoms in total. The number of anilines is 1. The van der Waals surface area contributed by atoms with Crippen molar-refractivity contribution in [3.8, 4) is 0 Å². The first kappa shape index (κ1) is 14.0.